The Morgan fingerprint density at radius 2 is 1.83 bits per heavy atom. The highest BCUT2D eigenvalue weighted by atomic mass is 79.9. The van der Waals surface area contributed by atoms with Crippen LogP contribution < -0.4 is 16.2 Å². The van der Waals surface area contributed by atoms with Gasteiger partial charge in [0.15, 0.2) is 0 Å². The van der Waals surface area contributed by atoms with Crippen molar-refractivity contribution >= 4 is 33.4 Å². The molecule has 0 unspecified atom stereocenters. The fourth-order valence-electron chi connectivity index (χ4n) is 2.06. The molecule has 2 amide bonds. The highest BCUT2D eigenvalue weighted by molar-refractivity contribution is 9.10. The number of nitrogens with one attached hydrogen (secondary N) is 3. The number of hydrogen-bond donors (Lipinski definition) is 3. The number of carbonyl (C=O) groups is 2. The van der Waals surface area contributed by atoms with Crippen LogP contribution in [0.1, 0.15) is 21.5 Å². The maximum Gasteiger partial charge on any atom is 0.269 e. The first-order valence-corrected chi connectivity index (χ1v) is 7.91. The van der Waals surface area contributed by atoms with Gasteiger partial charge in [-0.25, -0.2) is 0 Å². The molecule has 0 aromatic heterocycles. The molecule has 0 saturated heterocycles. The molecular formula is C17H18BrN3O2. The van der Waals surface area contributed by atoms with Crippen LogP contribution in [-0.2, 0) is 4.79 Å². The summed E-state index contributed by atoms with van der Waals surface area (Å²) in [6, 6.07) is 12.9. The lowest BCUT2D eigenvalue weighted by Crippen LogP contribution is -2.44. The summed E-state index contributed by atoms with van der Waals surface area (Å²) in [6.45, 7) is 4.06. The first-order chi connectivity index (χ1) is 11.0. The summed E-state index contributed by atoms with van der Waals surface area (Å²) in [7, 11) is 0. The van der Waals surface area contributed by atoms with Gasteiger partial charge in [0.05, 0.1) is 6.54 Å². The van der Waals surface area contributed by atoms with Gasteiger partial charge in [-0.15, -0.1) is 0 Å². The molecule has 0 spiro atoms. The Hall–Kier alpha value is -2.34. The van der Waals surface area contributed by atoms with Crippen LogP contribution in [0.25, 0.3) is 0 Å². The molecule has 0 radical (unpaired) electrons. The van der Waals surface area contributed by atoms with Crippen LogP contribution >= 0.6 is 15.9 Å². The molecule has 0 bridgehead atoms. The van der Waals surface area contributed by atoms with E-state index in [-0.39, 0.29) is 18.4 Å². The smallest absolute Gasteiger partial charge is 0.269 e. The maximum absolute atomic E-state index is 11.9. The molecule has 0 aliphatic rings. The Balaban J connectivity index is 1.82. The first kappa shape index (κ1) is 17.0. The predicted molar refractivity (Wildman–Crippen MR) is 94.2 cm³/mol. The molecule has 2 rings (SSSR count). The van der Waals surface area contributed by atoms with Crippen molar-refractivity contribution in [3.8, 4) is 0 Å². The highest BCUT2D eigenvalue weighted by Gasteiger charge is 2.08. The summed E-state index contributed by atoms with van der Waals surface area (Å²) in [4.78, 5) is 23.7. The van der Waals surface area contributed by atoms with Crippen LogP contribution in [-0.4, -0.2) is 18.4 Å². The Kier molecular flexibility index (Phi) is 5.76. The SMILES string of the molecule is Cc1ccc(NCC(=O)NNC(=O)c2cccc(Br)c2)c(C)c1. The molecule has 0 aliphatic carbocycles. The number of rotatable bonds is 4. The van der Waals surface area contributed by atoms with Crippen LogP contribution in [0.2, 0.25) is 0 Å². The van der Waals surface area contributed by atoms with Crippen molar-refractivity contribution in [1.29, 1.82) is 0 Å². The van der Waals surface area contributed by atoms with Crippen molar-refractivity contribution in [2.45, 2.75) is 13.8 Å². The van der Waals surface area contributed by atoms with E-state index < -0.39 is 0 Å². The fourth-order valence-corrected chi connectivity index (χ4v) is 2.46. The van der Waals surface area contributed by atoms with Gasteiger partial charge in [0.25, 0.3) is 11.8 Å². The Morgan fingerprint density at radius 3 is 2.52 bits per heavy atom. The van der Waals surface area contributed by atoms with Gasteiger partial charge in [-0.1, -0.05) is 39.7 Å². The summed E-state index contributed by atoms with van der Waals surface area (Å²) < 4.78 is 0.799. The lowest BCUT2D eigenvalue weighted by Gasteiger charge is -2.11. The Morgan fingerprint density at radius 1 is 1.04 bits per heavy atom. The average Bonchev–Trinajstić information content (AvgIpc) is 2.51. The van der Waals surface area contributed by atoms with Gasteiger partial charge in [-0.05, 0) is 43.7 Å². The second-order valence-electron chi connectivity index (χ2n) is 5.18. The van der Waals surface area contributed by atoms with Crippen LogP contribution in [0.3, 0.4) is 0 Å². The third kappa shape index (κ3) is 5.10. The van der Waals surface area contributed by atoms with E-state index in [1.165, 1.54) is 5.56 Å². The predicted octanol–water partition coefficient (Wildman–Crippen LogP) is 2.94. The molecule has 3 N–H and O–H groups in total. The lowest BCUT2D eigenvalue weighted by atomic mass is 10.1. The third-order valence-electron chi connectivity index (χ3n) is 3.22. The lowest BCUT2D eigenvalue weighted by molar-refractivity contribution is -0.120. The van der Waals surface area contributed by atoms with E-state index in [1.807, 2.05) is 38.1 Å². The minimum Gasteiger partial charge on any atom is -0.376 e. The van der Waals surface area contributed by atoms with E-state index in [4.69, 9.17) is 0 Å². The molecule has 0 saturated carbocycles. The number of anilines is 1. The van der Waals surface area contributed by atoms with Crippen molar-refractivity contribution < 1.29 is 9.59 Å². The summed E-state index contributed by atoms with van der Waals surface area (Å²) in [5, 5.41) is 3.04. The molecule has 2 aromatic carbocycles. The van der Waals surface area contributed by atoms with Crippen LogP contribution in [0.15, 0.2) is 46.9 Å². The maximum atomic E-state index is 11.9. The van der Waals surface area contributed by atoms with Gasteiger partial charge in [0.2, 0.25) is 0 Å². The van der Waals surface area contributed by atoms with Gasteiger partial charge < -0.3 is 5.32 Å². The van der Waals surface area contributed by atoms with E-state index in [2.05, 4.69) is 32.1 Å². The largest absolute Gasteiger partial charge is 0.376 e. The summed E-state index contributed by atoms with van der Waals surface area (Å²) >= 11 is 3.30. The highest BCUT2D eigenvalue weighted by Crippen LogP contribution is 2.15. The number of hydrogen-bond acceptors (Lipinski definition) is 3. The molecular weight excluding hydrogens is 358 g/mol. The van der Waals surface area contributed by atoms with E-state index >= 15 is 0 Å². The van der Waals surface area contributed by atoms with Crippen LogP contribution in [0.5, 0.6) is 0 Å². The number of amides is 2. The number of aryl methyl sites for hydroxylation is 2. The van der Waals surface area contributed by atoms with Crippen molar-refractivity contribution in [1.82, 2.24) is 10.9 Å². The molecule has 0 aliphatic heterocycles. The quantitative estimate of drug-likeness (QED) is 0.719. The fraction of sp³-hybridized carbons (Fsp3) is 0.176. The molecule has 120 valence electrons. The van der Waals surface area contributed by atoms with Crippen molar-refractivity contribution in [3.05, 3.63) is 63.6 Å². The zero-order chi connectivity index (χ0) is 16.8. The van der Waals surface area contributed by atoms with Gasteiger partial charge in [-0.3, -0.25) is 20.4 Å². The average molecular weight is 376 g/mol. The normalized spacial score (nSPS) is 10.0. The number of halogens is 1. The zero-order valence-electron chi connectivity index (χ0n) is 12.9. The molecule has 0 heterocycles. The van der Waals surface area contributed by atoms with E-state index in [0.29, 0.717) is 5.56 Å². The van der Waals surface area contributed by atoms with Crippen LogP contribution in [0.4, 0.5) is 5.69 Å². The van der Waals surface area contributed by atoms with E-state index in [1.54, 1.807) is 18.2 Å². The summed E-state index contributed by atoms with van der Waals surface area (Å²) in [5.41, 5.74) is 8.36. The molecule has 23 heavy (non-hydrogen) atoms. The third-order valence-corrected chi connectivity index (χ3v) is 3.72. The standard InChI is InChI=1S/C17H18BrN3O2/c1-11-6-7-15(12(2)8-11)19-10-16(22)20-21-17(23)13-4-3-5-14(18)9-13/h3-9,19H,10H2,1-2H3,(H,20,22)(H,21,23). The zero-order valence-corrected chi connectivity index (χ0v) is 14.5. The van der Waals surface area contributed by atoms with E-state index in [0.717, 1.165) is 15.7 Å². The van der Waals surface area contributed by atoms with Crippen molar-refractivity contribution in [2.24, 2.45) is 0 Å². The van der Waals surface area contributed by atoms with Gasteiger partial charge in [0, 0.05) is 15.7 Å². The Bertz CT molecular complexity index is 732. The second-order valence-corrected chi connectivity index (χ2v) is 6.10. The number of carbonyl (C=O) groups excluding carboxylic acids is 2. The minimum atomic E-state index is -0.369. The van der Waals surface area contributed by atoms with E-state index in [9.17, 15) is 9.59 Å². The molecule has 6 heteroatoms. The molecule has 2 aromatic rings. The summed E-state index contributed by atoms with van der Waals surface area (Å²) in [6.07, 6.45) is 0. The molecule has 0 fully saturated rings. The van der Waals surface area contributed by atoms with Crippen molar-refractivity contribution in [3.63, 3.8) is 0 Å². The van der Waals surface area contributed by atoms with Gasteiger partial charge >= 0.3 is 0 Å². The molecule has 0 atom stereocenters. The van der Waals surface area contributed by atoms with Crippen molar-refractivity contribution in [2.75, 3.05) is 11.9 Å². The summed E-state index contributed by atoms with van der Waals surface area (Å²) in [5.74, 6) is -0.695. The molecule has 5 nitrogen and oxygen atoms in total. The van der Waals surface area contributed by atoms with Crippen LogP contribution in [0, 0.1) is 13.8 Å². The first-order valence-electron chi connectivity index (χ1n) is 7.11. The van der Waals surface area contributed by atoms with Gasteiger partial charge in [-0.2, -0.15) is 0 Å². The van der Waals surface area contributed by atoms with Gasteiger partial charge in [0.1, 0.15) is 0 Å². The Labute approximate surface area is 143 Å². The topological polar surface area (TPSA) is 70.2 Å². The number of benzene rings is 2. The minimum absolute atomic E-state index is 0.0721. The second kappa shape index (κ2) is 7.78. The number of hydrazine groups is 1. The monoisotopic (exact) mass is 375 g/mol.